The van der Waals surface area contributed by atoms with Gasteiger partial charge in [0.2, 0.25) is 0 Å². The summed E-state index contributed by atoms with van der Waals surface area (Å²) in [4.78, 5) is 22.6. The molecule has 0 heterocycles. The first-order chi connectivity index (χ1) is 13.5. The minimum Gasteiger partial charge on any atom is -0.489 e. The maximum absolute atomic E-state index is 12.1. The first-order valence-electron chi connectivity index (χ1n) is 8.52. The van der Waals surface area contributed by atoms with Crippen LogP contribution in [0.2, 0.25) is 0 Å². The molecule has 3 rings (SSSR count). The summed E-state index contributed by atoms with van der Waals surface area (Å²) >= 11 is 0. The van der Waals surface area contributed by atoms with E-state index in [9.17, 15) is 14.9 Å². The fraction of sp³-hybridized carbons (Fsp3) is 0.0952. The van der Waals surface area contributed by atoms with E-state index in [2.05, 4.69) is 5.32 Å². The third kappa shape index (κ3) is 5.07. The van der Waals surface area contributed by atoms with Gasteiger partial charge in [0.05, 0.1) is 4.92 Å². The standard InChI is InChI=1S/C21H18N2O5/c1-15-7-12-19(20(13-15)23(25)26)22-21(24)28-18-10-8-17(9-11-18)27-14-16-5-3-2-4-6-16/h2-13H,14H2,1H3,(H,22,24). The molecule has 1 amide bonds. The Bertz CT molecular complexity index is 972. The number of carbonyl (C=O) groups excluding carboxylic acids is 1. The quantitative estimate of drug-likeness (QED) is 0.476. The summed E-state index contributed by atoms with van der Waals surface area (Å²) in [6, 6.07) is 20.8. The maximum Gasteiger partial charge on any atom is 0.417 e. The van der Waals surface area contributed by atoms with Gasteiger partial charge in [0.1, 0.15) is 23.8 Å². The fourth-order valence-corrected chi connectivity index (χ4v) is 2.49. The fourth-order valence-electron chi connectivity index (χ4n) is 2.49. The van der Waals surface area contributed by atoms with Crippen molar-refractivity contribution in [2.45, 2.75) is 13.5 Å². The Morgan fingerprint density at radius 1 is 1.00 bits per heavy atom. The molecule has 0 aliphatic heterocycles. The van der Waals surface area contributed by atoms with Gasteiger partial charge in [-0.1, -0.05) is 36.4 Å². The molecule has 1 N–H and O–H groups in total. The van der Waals surface area contributed by atoms with Gasteiger partial charge in [-0.2, -0.15) is 0 Å². The van der Waals surface area contributed by atoms with E-state index in [1.165, 1.54) is 12.1 Å². The molecule has 0 aliphatic carbocycles. The largest absolute Gasteiger partial charge is 0.489 e. The molecule has 0 radical (unpaired) electrons. The number of carbonyl (C=O) groups is 1. The van der Waals surface area contributed by atoms with Gasteiger partial charge < -0.3 is 9.47 Å². The minimum absolute atomic E-state index is 0.0726. The third-order valence-corrected chi connectivity index (χ3v) is 3.87. The Balaban J connectivity index is 1.58. The highest BCUT2D eigenvalue weighted by Crippen LogP contribution is 2.26. The number of hydrogen-bond acceptors (Lipinski definition) is 5. The molecule has 0 fully saturated rings. The highest BCUT2D eigenvalue weighted by molar-refractivity contribution is 5.89. The van der Waals surface area contributed by atoms with Crippen molar-refractivity contribution >= 4 is 17.5 Å². The van der Waals surface area contributed by atoms with Crippen molar-refractivity contribution in [1.29, 1.82) is 0 Å². The first kappa shape index (κ1) is 18.9. The summed E-state index contributed by atoms with van der Waals surface area (Å²) in [5.41, 5.74) is 1.64. The van der Waals surface area contributed by atoms with Crippen molar-refractivity contribution in [3.63, 3.8) is 0 Å². The molecule has 0 saturated carbocycles. The predicted molar refractivity (Wildman–Crippen MR) is 105 cm³/mol. The lowest BCUT2D eigenvalue weighted by Crippen LogP contribution is -2.17. The van der Waals surface area contributed by atoms with E-state index in [1.54, 1.807) is 37.3 Å². The number of anilines is 1. The number of aryl methyl sites for hydroxylation is 1. The average Bonchev–Trinajstić information content (AvgIpc) is 2.69. The Labute approximate surface area is 161 Å². The summed E-state index contributed by atoms with van der Waals surface area (Å²) in [5, 5.41) is 13.5. The molecular weight excluding hydrogens is 360 g/mol. The number of nitro groups is 1. The Morgan fingerprint density at radius 3 is 2.36 bits per heavy atom. The Kier molecular flexibility index (Phi) is 5.86. The van der Waals surface area contributed by atoms with Crippen molar-refractivity contribution in [3.05, 3.63) is 94.0 Å². The summed E-state index contributed by atoms with van der Waals surface area (Å²) < 4.78 is 10.8. The van der Waals surface area contributed by atoms with Crippen LogP contribution in [0.5, 0.6) is 11.5 Å². The smallest absolute Gasteiger partial charge is 0.417 e. The molecule has 0 saturated heterocycles. The molecule has 0 aromatic heterocycles. The molecule has 28 heavy (non-hydrogen) atoms. The third-order valence-electron chi connectivity index (χ3n) is 3.87. The zero-order valence-corrected chi connectivity index (χ0v) is 15.1. The van der Waals surface area contributed by atoms with Crippen molar-refractivity contribution in [2.24, 2.45) is 0 Å². The second-order valence-electron chi connectivity index (χ2n) is 6.04. The molecule has 0 atom stereocenters. The van der Waals surface area contributed by atoms with Crippen LogP contribution >= 0.6 is 0 Å². The van der Waals surface area contributed by atoms with Gasteiger partial charge in [-0.05, 0) is 48.4 Å². The van der Waals surface area contributed by atoms with E-state index in [0.29, 0.717) is 18.1 Å². The molecule has 7 heteroatoms. The second kappa shape index (κ2) is 8.68. The Hall–Kier alpha value is -3.87. The number of benzene rings is 3. The molecule has 3 aromatic carbocycles. The molecule has 3 aromatic rings. The van der Waals surface area contributed by atoms with E-state index in [1.807, 2.05) is 30.3 Å². The van der Waals surface area contributed by atoms with Gasteiger partial charge >= 0.3 is 6.09 Å². The van der Waals surface area contributed by atoms with Gasteiger partial charge in [0.15, 0.2) is 0 Å². The van der Waals surface area contributed by atoms with E-state index >= 15 is 0 Å². The summed E-state index contributed by atoms with van der Waals surface area (Å²) in [7, 11) is 0. The molecule has 0 spiro atoms. The number of nitrogens with zero attached hydrogens (tertiary/aromatic N) is 1. The van der Waals surface area contributed by atoms with Gasteiger partial charge in [-0.15, -0.1) is 0 Å². The zero-order chi connectivity index (χ0) is 19.9. The van der Waals surface area contributed by atoms with E-state index < -0.39 is 11.0 Å². The minimum atomic E-state index is -0.815. The van der Waals surface area contributed by atoms with Crippen molar-refractivity contribution < 1.29 is 19.2 Å². The van der Waals surface area contributed by atoms with Crippen LogP contribution in [-0.2, 0) is 6.61 Å². The van der Waals surface area contributed by atoms with Gasteiger partial charge in [0.25, 0.3) is 5.69 Å². The summed E-state index contributed by atoms with van der Waals surface area (Å²) in [5.74, 6) is 0.921. The Morgan fingerprint density at radius 2 is 1.68 bits per heavy atom. The number of amides is 1. The van der Waals surface area contributed by atoms with E-state index in [0.717, 1.165) is 11.1 Å². The lowest BCUT2D eigenvalue weighted by atomic mass is 10.2. The van der Waals surface area contributed by atoms with Crippen LogP contribution in [0.15, 0.2) is 72.8 Å². The van der Waals surface area contributed by atoms with Crippen LogP contribution in [-0.4, -0.2) is 11.0 Å². The van der Waals surface area contributed by atoms with Gasteiger partial charge in [-0.3, -0.25) is 15.4 Å². The summed E-state index contributed by atoms with van der Waals surface area (Å²) in [6.07, 6.45) is -0.815. The lowest BCUT2D eigenvalue weighted by Gasteiger charge is -2.09. The monoisotopic (exact) mass is 378 g/mol. The molecule has 0 bridgehead atoms. The van der Waals surface area contributed by atoms with Crippen molar-refractivity contribution in [1.82, 2.24) is 0 Å². The van der Waals surface area contributed by atoms with Crippen LogP contribution in [0.4, 0.5) is 16.2 Å². The average molecular weight is 378 g/mol. The highest BCUT2D eigenvalue weighted by Gasteiger charge is 2.17. The number of ether oxygens (including phenoxy) is 2. The van der Waals surface area contributed by atoms with Crippen LogP contribution in [0.3, 0.4) is 0 Å². The normalized spacial score (nSPS) is 10.2. The molecule has 7 nitrogen and oxygen atoms in total. The molecule has 0 unspecified atom stereocenters. The molecule has 142 valence electrons. The van der Waals surface area contributed by atoms with Crippen LogP contribution < -0.4 is 14.8 Å². The van der Waals surface area contributed by atoms with Crippen molar-refractivity contribution in [2.75, 3.05) is 5.32 Å². The first-order valence-corrected chi connectivity index (χ1v) is 8.52. The van der Waals surface area contributed by atoms with E-state index in [4.69, 9.17) is 9.47 Å². The maximum atomic E-state index is 12.1. The van der Waals surface area contributed by atoms with Crippen LogP contribution in [0.1, 0.15) is 11.1 Å². The number of nitro benzene ring substituents is 1. The van der Waals surface area contributed by atoms with Crippen LogP contribution in [0.25, 0.3) is 0 Å². The van der Waals surface area contributed by atoms with Gasteiger partial charge in [0, 0.05) is 6.07 Å². The highest BCUT2D eigenvalue weighted by atomic mass is 16.6. The SMILES string of the molecule is Cc1ccc(NC(=O)Oc2ccc(OCc3ccccc3)cc2)c([N+](=O)[O-])c1. The predicted octanol–water partition coefficient (Wildman–Crippen LogP) is 5.09. The molecule has 0 aliphatic rings. The number of hydrogen-bond donors (Lipinski definition) is 1. The van der Waals surface area contributed by atoms with Gasteiger partial charge in [-0.25, -0.2) is 4.79 Å². The molecular formula is C21H18N2O5. The van der Waals surface area contributed by atoms with E-state index in [-0.39, 0.29) is 11.4 Å². The zero-order valence-electron chi connectivity index (χ0n) is 15.1. The second-order valence-corrected chi connectivity index (χ2v) is 6.04. The van der Waals surface area contributed by atoms with Crippen LogP contribution in [0, 0.1) is 17.0 Å². The summed E-state index contributed by atoms with van der Waals surface area (Å²) in [6.45, 7) is 2.16. The topological polar surface area (TPSA) is 90.7 Å². The number of rotatable bonds is 6. The van der Waals surface area contributed by atoms with Crippen molar-refractivity contribution in [3.8, 4) is 11.5 Å². The number of nitrogens with one attached hydrogen (secondary N) is 1. The lowest BCUT2D eigenvalue weighted by molar-refractivity contribution is -0.384.